The van der Waals surface area contributed by atoms with Gasteiger partial charge in [-0.1, -0.05) is 24.3 Å². The minimum absolute atomic E-state index is 0.477. The largest absolute Gasteiger partial charge is 0.328 e. The van der Waals surface area contributed by atoms with Crippen LogP contribution < -0.4 is 5.73 Å². The molecule has 0 atom stereocenters. The van der Waals surface area contributed by atoms with Crippen molar-refractivity contribution in [1.29, 1.82) is 0 Å². The van der Waals surface area contributed by atoms with Crippen molar-refractivity contribution in [2.45, 2.75) is 44.6 Å². The van der Waals surface area contributed by atoms with E-state index in [1.807, 2.05) is 0 Å². The van der Waals surface area contributed by atoms with Gasteiger partial charge in [-0.05, 0) is 55.6 Å². The van der Waals surface area contributed by atoms with Crippen LogP contribution in [0.5, 0.6) is 0 Å². The zero-order valence-corrected chi connectivity index (χ0v) is 11.9. The van der Waals surface area contributed by atoms with E-state index in [0.717, 1.165) is 5.92 Å². The number of fused-ring (bicyclic) bond motifs is 1. The second-order valence-corrected chi connectivity index (χ2v) is 6.35. The van der Waals surface area contributed by atoms with Crippen LogP contribution in [0.2, 0.25) is 0 Å². The maximum atomic E-state index is 6.00. The molecule has 1 aliphatic heterocycles. The Balaban J connectivity index is 1.54. The van der Waals surface area contributed by atoms with E-state index in [-0.39, 0.29) is 0 Å². The highest BCUT2D eigenvalue weighted by atomic mass is 15.1. The monoisotopic (exact) mass is 258 g/mol. The molecular formula is C17H26N2. The number of nitrogens with two attached hydrogens (primary N) is 1. The van der Waals surface area contributed by atoms with Crippen LogP contribution in [-0.4, -0.2) is 30.6 Å². The van der Waals surface area contributed by atoms with Crippen LogP contribution in [0.15, 0.2) is 24.3 Å². The normalized spacial score (nSPS) is 28.7. The molecule has 1 aliphatic carbocycles. The maximum absolute atomic E-state index is 6.00. The molecule has 1 aromatic rings. The lowest BCUT2D eigenvalue weighted by Gasteiger charge is -2.31. The third-order valence-corrected chi connectivity index (χ3v) is 4.92. The highest BCUT2D eigenvalue weighted by molar-refractivity contribution is 5.28. The van der Waals surface area contributed by atoms with Crippen LogP contribution in [0.1, 0.15) is 36.8 Å². The zero-order chi connectivity index (χ0) is 13.1. The minimum Gasteiger partial charge on any atom is -0.328 e. The van der Waals surface area contributed by atoms with Gasteiger partial charge in [0.25, 0.3) is 0 Å². The molecule has 0 aromatic heterocycles. The Bertz CT molecular complexity index is 380. The Morgan fingerprint density at radius 3 is 2.11 bits per heavy atom. The summed E-state index contributed by atoms with van der Waals surface area (Å²) >= 11 is 0. The summed E-state index contributed by atoms with van der Waals surface area (Å²) in [6, 6.07) is 9.44. The van der Waals surface area contributed by atoms with Crippen molar-refractivity contribution in [3.8, 4) is 0 Å². The molecule has 2 N–H and O–H groups in total. The van der Waals surface area contributed by atoms with Gasteiger partial charge >= 0.3 is 0 Å². The van der Waals surface area contributed by atoms with Gasteiger partial charge in [0.05, 0.1) is 0 Å². The number of nitrogens with zero attached hydrogens (tertiary/aromatic N) is 1. The van der Waals surface area contributed by atoms with E-state index in [2.05, 4.69) is 29.2 Å². The van der Waals surface area contributed by atoms with E-state index in [1.54, 1.807) is 11.1 Å². The van der Waals surface area contributed by atoms with Gasteiger partial charge in [0, 0.05) is 25.7 Å². The summed E-state index contributed by atoms with van der Waals surface area (Å²) in [5, 5.41) is 0. The van der Waals surface area contributed by atoms with Crippen LogP contribution in [0, 0.1) is 5.92 Å². The molecule has 0 spiro atoms. The molecule has 0 radical (unpaired) electrons. The quantitative estimate of drug-likeness (QED) is 0.883. The lowest BCUT2D eigenvalue weighted by atomic mass is 9.86. The second kappa shape index (κ2) is 6.06. The summed E-state index contributed by atoms with van der Waals surface area (Å²) in [6.07, 6.45) is 7.59. The molecule has 1 heterocycles. The predicted octanol–water partition coefficient (Wildman–Crippen LogP) is 2.60. The molecule has 3 rings (SSSR count). The number of hydrogen-bond acceptors (Lipinski definition) is 2. The summed E-state index contributed by atoms with van der Waals surface area (Å²) in [4.78, 5) is 2.68. The van der Waals surface area contributed by atoms with Gasteiger partial charge in [0.2, 0.25) is 0 Å². The molecule has 2 heteroatoms. The van der Waals surface area contributed by atoms with E-state index in [0.29, 0.717) is 6.04 Å². The maximum Gasteiger partial charge on any atom is 0.00390 e. The summed E-state index contributed by atoms with van der Waals surface area (Å²) < 4.78 is 0. The topological polar surface area (TPSA) is 29.3 Å². The van der Waals surface area contributed by atoms with E-state index in [1.165, 1.54) is 58.2 Å². The first-order valence-corrected chi connectivity index (χ1v) is 7.86. The summed E-state index contributed by atoms with van der Waals surface area (Å²) in [5.41, 5.74) is 9.13. The van der Waals surface area contributed by atoms with Crippen LogP contribution in [0.25, 0.3) is 0 Å². The Hall–Kier alpha value is -0.860. The molecule has 0 unspecified atom stereocenters. The highest BCUT2D eigenvalue weighted by Gasteiger charge is 2.22. The third kappa shape index (κ3) is 3.37. The lowest BCUT2D eigenvalue weighted by Crippen LogP contribution is -2.35. The van der Waals surface area contributed by atoms with Gasteiger partial charge in [0.15, 0.2) is 0 Å². The SMILES string of the molecule is NC1CCC(CN2CCc3ccccc3CC2)CC1. The second-order valence-electron chi connectivity index (χ2n) is 6.35. The lowest BCUT2D eigenvalue weighted by molar-refractivity contribution is 0.200. The number of hydrogen-bond donors (Lipinski definition) is 1. The predicted molar refractivity (Wildman–Crippen MR) is 80.2 cm³/mol. The smallest absolute Gasteiger partial charge is 0.00390 e. The van der Waals surface area contributed by atoms with E-state index < -0.39 is 0 Å². The Morgan fingerprint density at radius 1 is 0.947 bits per heavy atom. The van der Waals surface area contributed by atoms with Crippen molar-refractivity contribution < 1.29 is 0 Å². The zero-order valence-electron chi connectivity index (χ0n) is 11.9. The molecule has 104 valence electrons. The van der Waals surface area contributed by atoms with Crippen LogP contribution >= 0.6 is 0 Å². The molecule has 1 fully saturated rings. The number of rotatable bonds is 2. The Morgan fingerprint density at radius 2 is 1.53 bits per heavy atom. The van der Waals surface area contributed by atoms with Gasteiger partial charge in [-0.2, -0.15) is 0 Å². The average Bonchev–Trinajstić information content (AvgIpc) is 2.64. The van der Waals surface area contributed by atoms with Crippen LogP contribution in [0.3, 0.4) is 0 Å². The van der Waals surface area contributed by atoms with Crippen molar-refractivity contribution in [2.75, 3.05) is 19.6 Å². The first-order chi connectivity index (χ1) is 9.31. The van der Waals surface area contributed by atoms with E-state index in [4.69, 9.17) is 5.73 Å². The van der Waals surface area contributed by atoms with Gasteiger partial charge in [-0.25, -0.2) is 0 Å². The molecule has 2 aliphatic rings. The summed E-state index contributed by atoms with van der Waals surface area (Å²) in [7, 11) is 0. The fourth-order valence-electron chi connectivity index (χ4n) is 3.63. The molecule has 2 nitrogen and oxygen atoms in total. The molecular weight excluding hydrogens is 232 g/mol. The fraction of sp³-hybridized carbons (Fsp3) is 0.647. The first-order valence-electron chi connectivity index (χ1n) is 7.86. The van der Waals surface area contributed by atoms with Gasteiger partial charge in [-0.3, -0.25) is 0 Å². The first kappa shape index (κ1) is 13.1. The summed E-state index contributed by atoms with van der Waals surface area (Å²) in [5.74, 6) is 0.890. The van der Waals surface area contributed by atoms with Crippen molar-refractivity contribution in [3.63, 3.8) is 0 Å². The minimum atomic E-state index is 0.477. The molecule has 0 amide bonds. The standard InChI is InChI=1S/C17H26N2/c18-17-7-5-14(6-8-17)13-19-11-9-15-3-1-2-4-16(15)10-12-19/h1-4,14,17H,5-13,18H2. The van der Waals surface area contributed by atoms with Gasteiger partial charge in [-0.15, -0.1) is 0 Å². The Kier molecular flexibility index (Phi) is 4.19. The summed E-state index contributed by atoms with van der Waals surface area (Å²) in [6.45, 7) is 3.76. The molecule has 0 saturated heterocycles. The molecule has 0 bridgehead atoms. The Labute approximate surface area is 117 Å². The van der Waals surface area contributed by atoms with Crippen molar-refractivity contribution >= 4 is 0 Å². The highest BCUT2D eigenvalue weighted by Crippen LogP contribution is 2.25. The molecule has 19 heavy (non-hydrogen) atoms. The van der Waals surface area contributed by atoms with Crippen molar-refractivity contribution in [1.82, 2.24) is 4.90 Å². The third-order valence-electron chi connectivity index (χ3n) is 4.92. The van der Waals surface area contributed by atoms with Crippen LogP contribution in [-0.2, 0) is 12.8 Å². The molecule has 1 saturated carbocycles. The van der Waals surface area contributed by atoms with E-state index >= 15 is 0 Å². The molecule has 1 aromatic carbocycles. The average molecular weight is 258 g/mol. The number of benzene rings is 1. The van der Waals surface area contributed by atoms with Crippen LogP contribution in [0.4, 0.5) is 0 Å². The van der Waals surface area contributed by atoms with E-state index in [9.17, 15) is 0 Å². The van der Waals surface area contributed by atoms with Gasteiger partial charge < -0.3 is 10.6 Å². The van der Waals surface area contributed by atoms with Crippen molar-refractivity contribution in [3.05, 3.63) is 35.4 Å². The fourth-order valence-corrected chi connectivity index (χ4v) is 3.63. The van der Waals surface area contributed by atoms with Gasteiger partial charge in [0.1, 0.15) is 0 Å². The van der Waals surface area contributed by atoms with Crippen molar-refractivity contribution in [2.24, 2.45) is 11.7 Å².